The topological polar surface area (TPSA) is 20.2 Å². The quantitative estimate of drug-likeness (QED) is 0.716. The average Bonchev–Trinajstić information content (AvgIpc) is 2.85. The van der Waals surface area contributed by atoms with Gasteiger partial charge in [-0.2, -0.15) is 0 Å². The van der Waals surface area contributed by atoms with E-state index < -0.39 is 0 Å². The zero-order valence-corrected chi connectivity index (χ0v) is 10.1. The van der Waals surface area contributed by atoms with Gasteiger partial charge in [-0.05, 0) is 45.7 Å². The molecule has 0 spiro atoms. The van der Waals surface area contributed by atoms with Crippen molar-refractivity contribution in [3.05, 3.63) is 59.5 Å². The summed E-state index contributed by atoms with van der Waals surface area (Å²) in [4.78, 5) is 0. The summed E-state index contributed by atoms with van der Waals surface area (Å²) in [6.45, 7) is 0.0812. The predicted molar refractivity (Wildman–Crippen MR) is 73.2 cm³/mol. The van der Waals surface area contributed by atoms with Gasteiger partial charge in [-0.25, -0.2) is 0 Å². The highest BCUT2D eigenvalue weighted by molar-refractivity contribution is 7.17. The first-order valence-electron chi connectivity index (χ1n) is 5.55. The molecule has 0 saturated heterocycles. The van der Waals surface area contributed by atoms with Crippen LogP contribution in [0.4, 0.5) is 0 Å². The van der Waals surface area contributed by atoms with Crippen molar-refractivity contribution in [3.63, 3.8) is 0 Å². The molecule has 0 aliphatic rings. The van der Waals surface area contributed by atoms with Gasteiger partial charge in [0.1, 0.15) is 0 Å². The minimum atomic E-state index is 0.0812. The van der Waals surface area contributed by atoms with E-state index in [9.17, 15) is 5.11 Å². The molecule has 2 aromatic carbocycles. The number of aliphatic hydroxyl groups excluding tert-OH is 1. The highest BCUT2D eigenvalue weighted by atomic mass is 32.1. The summed E-state index contributed by atoms with van der Waals surface area (Å²) >= 11 is 1.75. The number of benzene rings is 2. The van der Waals surface area contributed by atoms with E-state index in [1.165, 1.54) is 15.6 Å². The van der Waals surface area contributed by atoms with Gasteiger partial charge in [0.15, 0.2) is 0 Å². The lowest BCUT2D eigenvalue weighted by atomic mass is 9.99. The Morgan fingerprint density at radius 2 is 1.88 bits per heavy atom. The van der Waals surface area contributed by atoms with Crippen molar-refractivity contribution in [2.45, 2.75) is 6.61 Å². The van der Waals surface area contributed by atoms with Crippen LogP contribution in [0.5, 0.6) is 0 Å². The molecule has 1 aromatic heterocycles. The van der Waals surface area contributed by atoms with E-state index in [0.717, 1.165) is 11.1 Å². The Morgan fingerprint density at radius 3 is 2.76 bits per heavy atom. The van der Waals surface area contributed by atoms with Crippen LogP contribution >= 0.6 is 11.3 Å². The van der Waals surface area contributed by atoms with Crippen molar-refractivity contribution < 1.29 is 5.11 Å². The smallest absolute Gasteiger partial charge is 0.0687 e. The lowest BCUT2D eigenvalue weighted by Crippen LogP contribution is -1.88. The van der Waals surface area contributed by atoms with Crippen molar-refractivity contribution in [3.8, 4) is 11.1 Å². The molecular formula is C15H12OS. The summed E-state index contributed by atoms with van der Waals surface area (Å²) < 4.78 is 1.30. The minimum absolute atomic E-state index is 0.0812. The summed E-state index contributed by atoms with van der Waals surface area (Å²) in [6.07, 6.45) is 0. The standard InChI is InChI=1S/C15H12OS/c16-10-13-3-1-2-4-14(13)11-5-6-15-12(9-11)7-8-17-15/h1-9,16H,10H2. The average molecular weight is 240 g/mol. The van der Waals surface area contributed by atoms with Gasteiger partial charge < -0.3 is 5.11 Å². The highest BCUT2D eigenvalue weighted by Gasteiger charge is 2.04. The molecule has 0 aliphatic heterocycles. The summed E-state index contributed by atoms with van der Waals surface area (Å²) in [5.74, 6) is 0. The summed E-state index contributed by atoms with van der Waals surface area (Å²) in [5.41, 5.74) is 3.26. The second-order valence-corrected chi connectivity index (χ2v) is 4.94. The third kappa shape index (κ3) is 1.86. The molecule has 2 heteroatoms. The maximum atomic E-state index is 9.36. The first-order chi connectivity index (χ1) is 8.38. The normalized spacial score (nSPS) is 10.9. The van der Waals surface area contributed by atoms with Crippen LogP contribution in [0.3, 0.4) is 0 Å². The van der Waals surface area contributed by atoms with E-state index >= 15 is 0 Å². The van der Waals surface area contributed by atoms with Gasteiger partial charge >= 0.3 is 0 Å². The Kier molecular flexibility index (Phi) is 2.67. The van der Waals surface area contributed by atoms with Crippen LogP contribution in [0, 0.1) is 0 Å². The van der Waals surface area contributed by atoms with Crippen molar-refractivity contribution in [2.24, 2.45) is 0 Å². The first kappa shape index (κ1) is 10.5. The maximum absolute atomic E-state index is 9.36. The molecule has 0 aliphatic carbocycles. The fourth-order valence-electron chi connectivity index (χ4n) is 2.07. The van der Waals surface area contributed by atoms with Gasteiger partial charge in [0.2, 0.25) is 0 Å². The van der Waals surface area contributed by atoms with Crippen molar-refractivity contribution >= 4 is 21.4 Å². The van der Waals surface area contributed by atoms with Gasteiger partial charge in [-0.15, -0.1) is 11.3 Å². The lowest BCUT2D eigenvalue weighted by molar-refractivity contribution is 0.282. The predicted octanol–water partition coefficient (Wildman–Crippen LogP) is 4.06. The molecular weight excluding hydrogens is 228 g/mol. The molecule has 0 amide bonds. The Balaban J connectivity index is 2.19. The molecule has 0 unspecified atom stereocenters. The zero-order chi connectivity index (χ0) is 11.7. The molecule has 1 heterocycles. The van der Waals surface area contributed by atoms with Crippen molar-refractivity contribution in [1.29, 1.82) is 0 Å². The Bertz CT molecular complexity index is 655. The third-order valence-corrected chi connectivity index (χ3v) is 3.85. The monoisotopic (exact) mass is 240 g/mol. The van der Waals surface area contributed by atoms with Crippen LogP contribution in [0.1, 0.15) is 5.56 Å². The van der Waals surface area contributed by atoms with Crippen LogP contribution in [-0.2, 0) is 6.61 Å². The van der Waals surface area contributed by atoms with Gasteiger partial charge in [0.25, 0.3) is 0 Å². The van der Waals surface area contributed by atoms with Crippen LogP contribution in [0.15, 0.2) is 53.9 Å². The van der Waals surface area contributed by atoms with Crippen LogP contribution in [0.2, 0.25) is 0 Å². The molecule has 3 rings (SSSR count). The highest BCUT2D eigenvalue weighted by Crippen LogP contribution is 2.29. The van der Waals surface area contributed by atoms with Gasteiger partial charge in [-0.1, -0.05) is 30.3 Å². The Morgan fingerprint density at radius 1 is 1.00 bits per heavy atom. The largest absolute Gasteiger partial charge is 0.392 e. The Labute approximate surface area is 104 Å². The number of rotatable bonds is 2. The van der Waals surface area contributed by atoms with Crippen molar-refractivity contribution in [1.82, 2.24) is 0 Å². The van der Waals surface area contributed by atoms with Gasteiger partial charge in [-0.3, -0.25) is 0 Å². The maximum Gasteiger partial charge on any atom is 0.0687 e. The molecule has 0 bridgehead atoms. The summed E-state index contributed by atoms with van der Waals surface area (Å²) in [6, 6.07) is 16.6. The molecule has 0 saturated carbocycles. The van der Waals surface area contributed by atoms with E-state index in [0.29, 0.717) is 0 Å². The number of aliphatic hydroxyl groups is 1. The Hall–Kier alpha value is -1.64. The number of hydrogen-bond donors (Lipinski definition) is 1. The van der Waals surface area contributed by atoms with Gasteiger partial charge in [0.05, 0.1) is 6.61 Å². The molecule has 17 heavy (non-hydrogen) atoms. The van der Waals surface area contributed by atoms with Crippen LogP contribution in [-0.4, -0.2) is 5.11 Å². The molecule has 3 aromatic rings. The molecule has 0 fully saturated rings. The fourth-order valence-corrected chi connectivity index (χ4v) is 2.84. The van der Waals surface area contributed by atoms with E-state index in [2.05, 4.69) is 35.7 Å². The molecule has 1 nitrogen and oxygen atoms in total. The van der Waals surface area contributed by atoms with Crippen LogP contribution < -0.4 is 0 Å². The van der Waals surface area contributed by atoms with Crippen molar-refractivity contribution in [2.75, 3.05) is 0 Å². The number of fused-ring (bicyclic) bond motifs is 1. The minimum Gasteiger partial charge on any atom is -0.392 e. The molecule has 0 radical (unpaired) electrons. The molecule has 1 N–H and O–H groups in total. The van der Waals surface area contributed by atoms with E-state index in [1.807, 2.05) is 18.2 Å². The first-order valence-corrected chi connectivity index (χ1v) is 6.43. The lowest BCUT2D eigenvalue weighted by Gasteiger charge is -2.07. The second-order valence-electron chi connectivity index (χ2n) is 3.99. The summed E-state index contributed by atoms with van der Waals surface area (Å²) in [7, 11) is 0. The molecule has 84 valence electrons. The van der Waals surface area contributed by atoms with E-state index in [-0.39, 0.29) is 6.61 Å². The third-order valence-electron chi connectivity index (χ3n) is 2.95. The molecule has 0 atom stereocenters. The number of hydrogen-bond acceptors (Lipinski definition) is 2. The second kappa shape index (κ2) is 4.32. The van der Waals surface area contributed by atoms with Gasteiger partial charge in [0, 0.05) is 4.70 Å². The SMILES string of the molecule is OCc1ccccc1-c1ccc2sccc2c1. The van der Waals surface area contributed by atoms with E-state index in [4.69, 9.17) is 0 Å². The number of thiophene rings is 1. The van der Waals surface area contributed by atoms with Crippen LogP contribution in [0.25, 0.3) is 21.2 Å². The summed E-state index contributed by atoms with van der Waals surface area (Å²) in [5, 5.41) is 12.7. The fraction of sp³-hybridized carbons (Fsp3) is 0.0667. The van der Waals surface area contributed by atoms with E-state index in [1.54, 1.807) is 11.3 Å². The zero-order valence-electron chi connectivity index (χ0n) is 9.26.